The molecule has 0 amide bonds. The van der Waals surface area contributed by atoms with Crippen LogP contribution in [0.15, 0.2) is 60.9 Å². The standard InChI is InChI=1S/C17H12ClN3O2/c18-16-14(17(19)21-10-20-16)15(22)11-6-8-13(9-7-11)23-12-4-2-1-3-5-12/h1-10H,(H2,19,20,21). The molecule has 0 aliphatic heterocycles. The molecule has 2 aromatic carbocycles. The van der Waals surface area contributed by atoms with Crippen LogP contribution in [-0.4, -0.2) is 15.8 Å². The van der Waals surface area contributed by atoms with E-state index in [1.807, 2.05) is 30.3 Å². The minimum absolute atomic E-state index is 0.0344. The van der Waals surface area contributed by atoms with Crippen molar-refractivity contribution in [1.29, 1.82) is 0 Å². The van der Waals surface area contributed by atoms with Gasteiger partial charge in [0.25, 0.3) is 0 Å². The maximum atomic E-state index is 12.5. The zero-order valence-electron chi connectivity index (χ0n) is 11.9. The molecule has 0 aliphatic carbocycles. The Balaban J connectivity index is 1.83. The number of ketones is 1. The number of ether oxygens (including phenoxy) is 1. The van der Waals surface area contributed by atoms with E-state index in [1.165, 1.54) is 6.33 Å². The average molecular weight is 326 g/mol. The number of rotatable bonds is 4. The Morgan fingerprint density at radius 1 is 0.957 bits per heavy atom. The van der Waals surface area contributed by atoms with Crippen molar-refractivity contribution in [3.63, 3.8) is 0 Å². The Morgan fingerprint density at radius 3 is 2.26 bits per heavy atom. The number of carbonyl (C=O) groups is 1. The van der Waals surface area contributed by atoms with Crippen LogP contribution >= 0.6 is 11.6 Å². The lowest BCUT2D eigenvalue weighted by Crippen LogP contribution is -2.08. The van der Waals surface area contributed by atoms with Gasteiger partial charge in [-0.3, -0.25) is 4.79 Å². The fourth-order valence-electron chi connectivity index (χ4n) is 2.03. The molecule has 0 atom stereocenters. The minimum Gasteiger partial charge on any atom is -0.457 e. The molecule has 0 radical (unpaired) electrons. The average Bonchev–Trinajstić information content (AvgIpc) is 2.56. The van der Waals surface area contributed by atoms with Crippen molar-refractivity contribution < 1.29 is 9.53 Å². The third-order valence-electron chi connectivity index (χ3n) is 3.15. The first-order valence-corrected chi connectivity index (χ1v) is 7.16. The minimum atomic E-state index is -0.334. The van der Waals surface area contributed by atoms with Crippen molar-refractivity contribution in [2.75, 3.05) is 5.73 Å². The van der Waals surface area contributed by atoms with Gasteiger partial charge in [0.15, 0.2) is 5.78 Å². The number of hydrogen-bond donors (Lipinski definition) is 1. The molecular weight excluding hydrogens is 314 g/mol. The van der Waals surface area contributed by atoms with Crippen molar-refractivity contribution in [3.8, 4) is 11.5 Å². The van der Waals surface area contributed by atoms with Gasteiger partial charge in [-0.25, -0.2) is 9.97 Å². The number of carbonyl (C=O) groups excluding carboxylic acids is 1. The highest BCUT2D eigenvalue weighted by molar-refractivity contribution is 6.34. The molecule has 5 nitrogen and oxygen atoms in total. The molecule has 0 spiro atoms. The molecule has 1 aromatic heterocycles. The number of para-hydroxylation sites is 1. The highest BCUT2D eigenvalue weighted by Gasteiger charge is 2.18. The number of nitrogens with zero attached hydrogens (tertiary/aromatic N) is 2. The fourth-order valence-corrected chi connectivity index (χ4v) is 2.26. The van der Waals surface area contributed by atoms with Gasteiger partial charge >= 0.3 is 0 Å². The number of aromatic nitrogens is 2. The molecule has 23 heavy (non-hydrogen) atoms. The summed E-state index contributed by atoms with van der Waals surface area (Å²) >= 11 is 5.94. The molecule has 0 saturated heterocycles. The Morgan fingerprint density at radius 2 is 1.61 bits per heavy atom. The van der Waals surface area contributed by atoms with Crippen LogP contribution in [0.25, 0.3) is 0 Å². The van der Waals surface area contributed by atoms with E-state index in [4.69, 9.17) is 22.1 Å². The number of nitrogen functional groups attached to an aromatic ring is 1. The van der Waals surface area contributed by atoms with Crippen molar-refractivity contribution >= 4 is 23.2 Å². The smallest absolute Gasteiger partial charge is 0.199 e. The topological polar surface area (TPSA) is 78.1 Å². The Kier molecular flexibility index (Phi) is 4.21. The molecule has 0 bridgehead atoms. The van der Waals surface area contributed by atoms with Gasteiger partial charge in [-0.15, -0.1) is 0 Å². The van der Waals surface area contributed by atoms with Crippen LogP contribution in [0.1, 0.15) is 15.9 Å². The maximum Gasteiger partial charge on any atom is 0.199 e. The van der Waals surface area contributed by atoms with E-state index in [0.717, 1.165) is 5.75 Å². The monoisotopic (exact) mass is 325 g/mol. The largest absolute Gasteiger partial charge is 0.457 e. The van der Waals surface area contributed by atoms with Gasteiger partial charge in [0.2, 0.25) is 0 Å². The van der Waals surface area contributed by atoms with E-state index in [-0.39, 0.29) is 22.3 Å². The van der Waals surface area contributed by atoms with Crippen LogP contribution in [0, 0.1) is 0 Å². The van der Waals surface area contributed by atoms with Crippen LogP contribution in [-0.2, 0) is 0 Å². The summed E-state index contributed by atoms with van der Waals surface area (Å²) in [6, 6.07) is 16.1. The zero-order chi connectivity index (χ0) is 16.2. The molecule has 0 aliphatic rings. The molecule has 3 aromatic rings. The third kappa shape index (κ3) is 3.30. The van der Waals surface area contributed by atoms with E-state index in [0.29, 0.717) is 11.3 Å². The second-order valence-corrected chi connectivity index (χ2v) is 5.05. The van der Waals surface area contributed by atoms with Crippen molar-refractivity contribution in [1.82, 2.24) is 9.97 Å². The molecule has 3 rings (SSSR count). The van der Waals surface area contributed by atoms with E-state index in [2.05, 4.69) is 9.97 Å². The van der Waals surface area contributed by atoms with E-state index in [9.17, 15) is 4.79 Å². The summed E-state index contributed by atoms with van der Waals surface area (Å²) in [5.41, 5.74) is 6.24. The highest BCUT2D eigenvalue weighted by atomic mass is 35.5. The second kappa shape index (κ2) is 6.46. The van der Waals surface area contributed by atoms with Crippen molar-refractivity contribution in [2.24, 2.45) is 0 Å². The zero-order valence-corrected chi connectivity index (χ0v) is 12.7. The summed E-state index contributed by atoms with van der Waals surface area (Å²) in [4.78, 5) is 20.1. The molecule has 0 saturated carbocycles. The SMILES string of the molecule is Nc1ncnc(Cl)c1C(=O)c1ccc(Oc2ccccc2)cc1. The van der Waals surface area contributed by atoms with E-state index < -0.39 is 0 Å². The normalized spacial score (nSPS) is 10.3. The quantitative estimate of drug-likeness (QED) is 0.584. The first-order chi connectivity index (χ1) is 11.1. The lowest BCUT2D eigenvalue weighted by atomic mass is 10.1. The first kappa shape index (κ1) is 15.0. The van der Waals surface area contributed by atoms with E-state index >= 15 is 0 Å². The van der Waals surface area contributed by atoms with Gasteiger partial charge in [0.1, 0.15) is 34.4 Å². The Hall–Kier alpha value is -2.92. The number of hydrogen-bond acceptors (Lipinski definition) is 5. The molecule has 6 heteroatoms. The summed E-state index contributed by atoms with van der Waals surface area (Å²) in [5, 5.41) is 0.0344. The van der Waals surface area contributed by atoms with Gasteiger partial charge in [-0.05, 0) is 36.4 Å². The van der Waals surface area contributed by atoms with Crippen LogP contribution in [0.5, 0.6) is 11.5 Å². The lowest BCUT2D eigenvalue weighted by Gasteiger charge is -2.08. The third-order valence-corrected chi connectivity index (χ3v) is 3.44. The fraction of sp³-hybridized carbons (Fsp3) is 0. The number of benzene rings is 2. The number of nitrogens with two attached hydrogens (primary N) is 1. The Bertz CT molecular complexity index is 816. The van der Waals surface area contributed by atoms with Gasteiger partial charge in [-0.1, -0.05) is 29.8 Å². The molecule has 2 N–H and O–H groups in total. The van der Waals surface area contributed by atoms with Gasteiger partial charge in [0, 0.05) is 5.56 Å². The van der Waals surface area contributed by atoms with Crippen molar-refractivity contribution in [2.45, 2.75) is 0 Å². The summed E-state index contributed by atoms with van der Waals surface area (Å²) < 4.78 is 5.68. The Labute approximate surface area is 137 Å². The van der Waals surface area contributed by atoms with Crippen LogP contribution in [0.3, 0.4) is 0 Å². The number of anilines is 1. The van der Waals surface area contributed by atoms with Crippen LogP contribution < -0.4 is 10.5 Å². The summed E-state index contributed by atoms with van der Waals surface area (Å²) in [7, 11) is 0. The predicted molar refractivity (Wildman–Crippen MR) is 87.8 cm³/mol. The molecule has 0 fully saturated rings. The summed E-state index contributed by atoms with van der Waals surface area (Å²) in [5.74, 6) is 1.06. The molecule has 1 heterocycles. The van der Waals surface area contributed by atoms with Gasteiger partial charge in [-0.2, -0.15) is 0 Å². The number of halogens is 1. The van der Waals surface area contributed by atoms with Crippen molar-refractivity contribution in [3.05, 3.63) is 77.2 Å². The molecular formula is C17H12ClN3O2. The van der Waals surface area contributed by atoms with E-state index in [1.54, 1.807) is 24.3 Å². The maximum absolute atomic E-state index is 12.5. The predicted octanol–water partition coefficient (Wildman–Crippen LogP) is 3.74. The second-order valence-electron chi connectivity index (χ2n) is 4.69. The van der Waals surface area contributed by atoms with Gasteiger partial charge in [0.05, 0.1) is 0 Å². The summed E-state index contributed by atoms with van der Waals surface area (Å²) in [6.07, 6.45) is 1.21. The highest BCUT2D eigenvalue weighted by Crippen LogP contribution is 2.24. The molecule has 0 unspecified atom stereocenters. The first-order valence-electron chi connectivity index (χ1n) is 6.79. The van der Waals surface area contributed by atoms with Gasteiger partial charge < -0.3 is 10.5 Å². The van der Waals surface area contributed by atoms with Crippen LogP contribution in [0.4, 0.5) is 5.82 Å². The molecule has 114 valence electrons. The van der Waals surface area contributed by atoms with Crippen LogP contribution in [0.2, 0.25) is 5.15 Å². The summed E-state index contributed by atoms with van der Waals surface area (Å²) in [6.45, 7) is 0. The lowest BCUT2D eigenvalue weighted by molar-refractivity contribution is 0.103.